The lowest BCUT2D eigenvalue weighted by Crippen LogP contribution is -2.36. The number of benzene rings is 1. The lowest BCUT2D eigenvalue weighted by molar-refractivity contribution is 0.0371. The van der Waals surface area contributed by atoms with Crippen molar-refractivity contribution in [1.82, 2.24) is 23.6 Å². The Labute approximate surface area is 210 Å². The number of ether oxygens (including phenoxy) is 1. The van der Waals surface area contributed by atoms with Gasteiger partial charge in [0, 0.05) is 49.9 Å². The van der Waals surface area contributed by atoms with E-state index in [-0.39, 0.29) is 10.7 Å². The van der Waals surface area contributed by atoms with Crippen LogP contribution < -0.4 is 0 Å². The molecule has 5 rings (SSSR count). The number of hydrogen-bond donors (Lipinski definition) is 0. The minimum atomic E-state index is -3.87. The molecule has 0 saturated carbocycles. The molecule has 0 spiro atoms. The van der Waals surface area contributed by atoms with Crippen LogP contribution in [0.1, 0.15) is 28.9 Å². The maximum Gasteiger partial charge on any atom is 0.269 e. The first-order valence-corrected chi connectivity index (χ1v) is 13.4. The third-order valence-corrected chi connectivity index (χ3v) is 8.20. The van der Waals surface area contributed by atoms with E-state index in [2.05, 4.69) is 15.0 Å². The molecule has 0 radical (unpaired) electrons. The quantitative estimate of drug-likeness (QED) is 0.338. The van der Waals surface area contributed by atoms with E-state index in [0.29, 0.717) is 34.4 Å². The number of carbonyl (C=O) groups excluding carboxylic acids is 1. The van der Waals surface area contributed by atoms with Crippen LogP contribution in [0.4, 0.5) is 0 Å². The summed E-state index contributed by atoms with van der Waals surface area (Å²) in [5.74, 6) is -0.0285. The smallest absolute Gasteiger partial charge is 0.269 e. The van der Waals surface area contributed by atoms with E-state index in [1.54, 1.807) is 60.5 Å². The van der Waals surface area contributed by atoms with Crippen LogP contribution in [-0.2, 0) is 21.8 Å². The van der Waals surface area contributed by atoms with Crippen LogP contribution in [0.2, 0.25) is 0 Å². The molecule has 1 fully saturated rings. The van der Waals surface area contributed by atoms with Crippen molar-refractivity contribution < 1.29 is 17.9 Å². The van der Waals surface area contributed by atoms with Crippen LogP contribution in [0.3, 0.4) is 0 Å². The Bertz CT molecular complexity index is 1500. The summed E-state index contributed by atoms with van der Waals surface area (Å²) in [7, 11) is -2.11. The topological polar surface area (TPSA) is 99.3 Å². The van der Waals surface area contributed by atoms with Gasteiger partial charge in [-0.1, -0.05) is 17.7 Å². The van der Waals surface area contributed by atoms with Crippen molar-refractivity contribution in [3.63, 3.8) is 0 Å². The van der Waals surface area contributed by atoms with Crippen LogP contribution in [0.15, 0.2) is 59.8 Å². The van der Waals surface area contributed by atoms with Crippen molar-refractivity contribution in [3.8, 4) is 11.3 Å². The summed E-state index contributed by atoms with van der Waals surface area (Å²) < 4.78 is 35.2. The van der Waals surface area contributed by atoms with Crippen LogP contribution in [0, 0.1) is 6.92 Å². The summed E-state index contributed by atoms with van der Waals surface area (Å²) in [5, 5.41) is 5.12. The van der Waals surface area contributed by atoms with E-state index in [9.17, 15) is 13.2 Å². The zero-order valence-corrected chi connectivity index (χ0v) is 21.2. The van der Waals surface area contributed by atoms with Crippen molar-refractivity contribution in [2.24, 2.45) is 7.05 Å². The number of Topliss-reactive ketones (excluding diaryl/α,β-unsaturated/α-hetero) is 1. The highest BCUT2D eigenvalue weighted by Gasteiger charge is 2.24. The second-order valence-corrected chi connectivity index (χ2v) is 10.9. The SMILES string of the molecule is Cc1ccc(S(=O)(=O)n2cc(-c3cc(C(=O)CCCN4CCOCC4)nn3C)c3cccnc32)cc1. The largest absolute Gasteiger partial charge is 0.379 e. The van der Waals surface area contributed by atoms with Crippen LogP contribution >= 0.6 is 0 Å². The molecule has 0 N–H and O–H groups in total. The Hall–Kier alpha value is -3.34. The van der Waals surface area contributed by atoms with Gasteiger partial charge in [-0.25, -0.2) is 17.4 Å². The van der Waals surface area contributed by atoms with Gasteiger partial charge in [0.05, 0.1) is 23.8 Å². The van der Waals surface area contributed by atoms with Crippen LogP contribution in [0.5, 0.6) is 0 Å². The van der Waals surface area contributed by atoms with Gasteiger partial charge < -0.3 is 4.74 Å². The summed E-state index contributed by atoms with van der Waals surface area (Å²) in [6.07, 6.45) is 4.29. The number of pyridine rings is 1. The number of rotatable bonds is 8. The van der Waals surface area contributed by atoms with Crippen molar-refractivity contribution in [3.05, 3.63) is 66.1 Å². The molecule has 3 aromatic heterocycles. The van der Waals surface area contributed by atoms with E-state index in [4.69, 9.17) is 4.74 Å². The molecule has 9 nitrogen and oxygen atoms in total. The van der Waals surface area contributed by atoms with Crippen molar-refractivity contribution in [1.29, 1.82) is 0 Å². The zero-order valence-electron chi connectivity index (χ0n) is 20.4. The normalized spacial score (nSPS) is 14.9. The standard InChI is InChI=1S/C26H29N5O4S/c1-19-7-9-20(10-8-19)36(33,34)31-18-22(21-5-3-11-27-26(21)31)24-17-23(28-29(24)2)25(32)6-4-12-30-13-15-35-16-14-30/h3,5,7-11,17-18H,4,6,12-16H2,1-2H3. The van der Waals surface area contributed by atoms with E-state index in [0.717, 1.165) is 44.8 Å². The molecular weight excluding hydrogens is 478 g/mol. The van der Waals surface area contributed by atoms with Gasteiger partial charge in [-0.3, -0.25) is 14.4 Å². The molecule has 1 aromatic carbocycles. The van der Waals surface area contributed by atoms with E-state index < -0.39 is 10.0 Å². The Morgan fingerprint density at radius 1 is 1.11 bits per heavy atom. The van der Waals surface area contributed by atoms with Crippen molar-refractivity contribution in [2.45, 2.75) is 24.7 Å². The molecular formula is C26H29N5O4S. The third-order valence-electron chi connectivity index (χ3n) is 6.53. The predicted molar refractivity (Wildman–Crippen MR) is 137 cm³/mol. The average Bonchev–Trinajstić information content (AvgIpc) is 3.46. The molecule has 1 saturated heterocycles. The van der Waals surface area contributed by atoms with Gasteiger partial charge in [-0.05, 0) is 50.2 Å². The number of aromatic nitrogens is 4. The minimum absolute atomic E-state index is 0.0285. The molecule has 188 valence electrons. The highest BCUT2D eigenvalue weighted by atomic mass is 32.2. The molecule has 4 aromatic rings. The molecule has 0 atom stereocenters. The molecule has 0 bridgehead atoms. The Kier molecular flexibility index (Phi) is 6.74. The van der Waals surface area contributed by atoms with Gasteiger partial charge in [-0.2, -0.15) is 5.10 Å². The highest BCUT2D eigenvalue weighted by molar-refractivity contribution is 7.90. The first kappa shape index (κ1) is 24.4. The predicted octanol–water partition coefficient (Wildman–Crippen LogP) is 3.28. The summed E-state index contributed by atoms with van der Waals surface area (Å²) in [6, 6.07) is 12.1. The number of hydrogen-bond acceptors (Lipinski definition) is 7. The van der Waals surface area contributed by atoms with Gasteiger partial charge in [-0.15, -0.1) is 0 Å². The fraction of sp³-hybridized carbons (Fsp3) is 0.346. The number of aryl methyl sites for hydroxylation is 2. The van der Waals surface area contributed by atoms with Crippen LogP contribution in [-0.4, -0.2) is 70.7 Å². The molecule has 1 aliphatic rings. The monoisotopic (exact) mass is 507 g/mol. The first-order valence-electron chi connectivity index (χ1n) is 12.0. The minimum Gasteiger partial charge on any atom is -0.379 e. The summed E-state index contributed by atoms with van der Waals surface area (Å²) >= 11 is 0. The fourth-order valence-electron chi connectivity index (χ4n) is 4.51. The van der Waals surface area contributed by atoms with Gasteiger partial charge in [0.1, 0.15) is 5.69 Å². The maximum atomic E-state index is 13.5. The number of fused-ring (bicyclic) bond motifs is 1. The molecule has 0 amide bonds. The van der Waals surface area contributed by atoms with Crippen molar-refractivity contribution in [2.75, 3.05) is 32.8 Å². The summed E-state index contributed by atoms with van der Waals surface area (Å²) in [4.78, 5) is 19.7. The zero-order chi connectivity index (χ0) is 25.3. The molecule has 36 heavy (non-hydrogen) atoms. The molecule has 0 aliphatic carbocycles. The molecule has 1 aliphatic heterocycles. The fourth-order valence-corrected chi connectivity index (χ4v) is 5.84. The highest BCUT2D eigenvalue weighted by Crippen LogP contribution is 2.32. The van der Waals surface area contributed by atoms with E-state index >= 15 is 0 Å². The summed E-state index contributed by atoms with van der Waals surface area (Å²) in [6.45, 7) is 6.02. The molecule has 0 unspecified atom stereocenters. The van der Waals surface area contributed by atoms with Crippen molar-refractivity contribution >= 4 is 26.8 Å². The third kappa shape index (κ3) is 4.71. The van der Waals surface area contributed by atoms with Gasteiger partial charge in [0.25, 0.3) is 10.0 Å². The lowest BCUT2D eigenvalue weighted by atomic mass is 10.1. The molecule has 4 heterocycles. The van der Waals surface area contributed by atoms with Gasteiger partial charge in [0.2, 0.25) is 0 Å². The van der Waals surface area contributed by atoms with E-state index in [1.165, 1.54) is 3.97 Å². The Morgan fingerprint density at radius 2 is 1.86 bits per heavy atom. The second kappa shape index (κ2) is 9.96. The Balaban J connectivity index is 1.44. The number of morpholine rings is 1. The van der Waals surface area contributed by atoms with Crippen LogP contribution in [0.25, 0.3) is 22.3 Å². The maximum absolute atomic E-state index is 13.5. The van der Waals surface area contributed by atoms with Gasteiger partial charge >= 0.3 is 0 Å². The van der Waals surface area contributed by atoms with E-state index in [1.807, 2.05) is 13.0 Å². The average molecular weight is 508 g/mol. The number of nitrogens with zero attached hydrogens (tertiary/aromatic N) is 5. The second-order valence-electron chi connectivity index (χ2n) is 9.05. The lowest BCUT2D eigenvalue weighted by Gasteiger charge is -2.26. The molecule has 10 heteroatoms. The van der Waals surface area contributed by atoms with Gasteiger partial charge in [0.15, 0.2) is 11.4 Å². The summed E-state index contributed by atoms with van der Waals surface area (Å²) in [5.41, 5.74) is 2.98. The first-order chi connectivity index (χ1) is 17.3. The Morgan fingerprint density at radius 3 is 2.61 bits per heavy atom. The number of ketones is 1. The number of carbonyl (C=O) groups is 1.